The largest absolute Gasteiger partial charge is 0.403 e. The molecule has 162 valence electrons. The third kappa shape index (κ3) is 3.68. The number of hydrogen-bond donors (Lipinski definition) is 2. The maximum atomic E-state index is 5.92. The molecule has 0 bridgehead atoms. The van der Waals surface area contributed by atoms with Crippen molar-refractivity contribution < 1.29 is 4.42 Å². The molecule has 6 rings (SSSR count). The van der Waals surface area contributed by atoms with E-state index in [1.165, 1.54) is 11.1 Å². The minimum Gasteiger partial charge on any atom is -0.403 e. The van der Waals surface area contributed by atoms with Crippen molar-refractivity contribution in [3.8, 4) is 11.5 Å². The molecular formula is C22H23N9O. The Morgan fingerprint density at radius 2 is 1.72 bits per heavy atom. The Balaban J connectivity index is 1.08. The molecule has 0 spiro atoms. The summed E-state index contributed by atoms with van der Waals surface area (Å²) >= 11 is 0. The van der Waals surface area contributed by atoms with E-state index in [0.29, 0.717) is 35.4 Å². The second kappa shape index (κ2) is 8.03. The molecule has 4 aromatic rings. The van der Waals surface area contributed by atoms with Crippen molar-refractivity contribution >= 4 is 12.0 Å². The third-order valence-corrected chi connectivity index (χ3v) is 6.34. The molecule has 1 aromatic carbocycles. The van der Waals surface area contributed by atoms with Gasteiger partial charge in [0, 0.05) is 37.4 Å². The topological polar surface area (TPSA) is 122 Å². The van der Waals surface area contributed by atoms with Gasteiger partial charge in [-0.05, 0) is 36.8 Å². The lowest BCUT2D eigenvalue weighted by Crippen LogP contribution is -2.33. The molecule has 1 aliphatic carbocycles. The number of piperidine rings is 1. The quantitative estimate of drug-likeness (QED) is 0.493. The van der Waals surface area contributed by atoms with Crippen molar-refractivity contribution in [1.29, 1.82) is 0 Å². The van der Waals surface area contributed by atoms with Crippen LogP contribution in [0.4, 0.5) is 12.0 Å². The first-order valence-electron chi connectivity index (χ1n) is 10.9. The first-order valence-corrected chi connectivity index (χ1v) is 10.9. The highest BCUT2D eigenvalue weighted by Gasteiger charge is 2.25. The van der Waals surface area contributed by atoms with Gasteiger partial charge in [0.05, 0.1) is 17.5 Å². The Kier molecular flexibility index (Phi) is 4.74. The first-order chi connectivity index (χ1) is 15.8. The summed E-state index contributed by atoms with van der Waals surface area (Å²) in [5, 5.41) is 22.5. The second-order valence-electron chi connectivity index (χ2n) is 8.38. The van der Waals surface area contributed by atoms with E-state index < -0.39 is 0 Å². The summed E-state index contributed by atoms with van der Waals surface area (Å²) in [6.07, 6.45) is 9.20. The van der Waals surface area contributed by atoms with Gasteiger partial charge in [0.1, 0.15) is 0 Å². The van der Waals surface area contributed by atoms with Crippen LogP contribution in [0.3, 0.4) is 0 Å². The molecule has 1 saturated heterocycles. The number of anilines is 2. The number of benzene rings is 1. The summed E-state index contributed by atoms with van der Waals surface area (Å²) < 4.78 is 5.92. The number of aromatic nitrogens is 7. The SMILES string of the molecule is c1ccc2c(c1)CC(Nc1ncc(-c3nnc(N4CCC(c5cnn[nH]5)CC4)o3)cn1)C2. The fraction of sp³-hybridized carbons (Fsp3) is 0.364. The second-order valence-corrected chi connectivity index (χ2v) is 8.38. The van der Waals surface area contributed by atoms with E-state index in [9.17, 15) is 0 Å². The molecular weight excluding hydrogens is 406 g/mol. The van der Waals surface area contributed by atoms with Gasteiger partial charge in [-0.15, -0.1) is 10.2 Å². The van der Waals surface area contributed by atoms with Gasteiger partial charge in [-0.2, -0.15) is 0 Å². The smallest absolute Gasteiger partial charge is 0.318 e. The zero-order valence-electron chi connectivity index (χ0n) is 17.5. The average molecular weight is 429 g/mol. The van der Waals surface area contributed by atoms with Gasteiger partial charge in [-0.3, -0.25) is 5.10 Å². The van der Waals surface area contributed by atoms with Gasteiger partial charge in [0.2, 0.25) is 5.95 Å². The number of nitrogens with zero attached hydrogens (tertiary/aromatic N) is 7. The van der Waals surface area contributed by atoms with Crippen molar-refractivity contribution in [3.63, 3.8) is 0 Å². The van der Waals surface area contributed by atoms with E-state index in [-0.39, 0.29) is 0 Å². The summed E-state index contributed by atoms with van der Waals surface area (Å²) in [4.78, 5) is 11.0. The van der Waals surface area contributed by atoms with Crippen LogP contribution in [-0.2, 0) is 12.8 Å². The maximum Gasteiger partial charge on any atom is 0.318 e. The van der Waals surface area contributed by atoms with Crippen LogP contribution in [-0.4, -0.2) is 54.7 Å². The predicted molar refractivity (Wildman–Crippen MR) is 117 cm³/mol. The highest BCUT2D eigenvalue weighted by Crippen LogP contribution is 2.30. The predicted octanol–water partition coefficient (Wildman–Crippen LogP) is 2.61. The number of H-pyrrole nitrogens is 1. The van der Waals surface area contributed by atoms with Gasteiger partial charge in [0.25, 0.3) is 5.89 Å². The van der Waals surface area contributed by atoms with Crippen molar-refractivity contribution in [2.45, 2.75) is 37.6 Å². The summed E-state index contributed by atoms with van der Waals surface area (Å²) in [6, 6.07) is 9.39. The number of nitrogens with one attached hydrogen (secondary N) is 2. The van der Waals surface area contributed by atoms with Crippen LogP contribution in [0.5, 0.6) is 0 Å². The molecule has 2 aliphatic rings. The number of rotatable bonds is 5. The Labute approximate surface area is 184 Å². The van der Waals surface area contributed by atoms with E-state index >= 15 is 0 Å². The van der Waals surface area contributed by atoms with E-state index in [0.717, 1.165) is 44.5 Å². The van der Waals surface area contributed by atoms with Crippen molar-refractivity contribution in [3.05, 3.63) is 59.7 Å². The standard InChI is InChI=1S/C22H23N9O/c1-2-4-16-10-18(9-15(16)3-1)26-21-23-11-17(12-24-21)20-28-29-22(32-20)31-7-5-14(6-8-31)19-13-25-30-27-19/h1-4,11-14,18H,5-10H2,(H,23,24,26)(H,25,27,30). The fourth-order valence-electron chi connectivity index (χ4n) is 4.60. The molecule has 1 fully saturated rings. The van der Waals surface area contributed by atoms with Crippen LogP contribution in [0, 0.1) is 0 Å². The highest BCUT2D eigenvalue weighted by molar-refractivity contribution is 5.52. The normalized spacial score (nSPS) is 16.9. The Hall–Kier alpha value is -3.82. The average Bonchev–Trinajstić information content (AvgIpc) is 3.60. The summed E-state index contributed by atoms with van der Waals surface area (Å²) in [5.41, 5.74) is 4.58. The molecule has 4 heterocycles. The maximum absolute atomic E-state index is 5.92. The van der Waals surface area contributed by atoms with Gasteiger partial charge < -0.3 is 14.6 Å². The van der Waals surface area contributed by atoms with Crippen LogP contribution >= 0.6 is 0 Å². The van der Waals surface area contributed by atoms with E-state index in [1.54, 1.807) is 18.6 Å². The van der Waals surface area contributed by atoms with Crippen LogP contribution in [0.25, 0.3) is 11.5 Å². The van der Waals surface area contributed by atoms with Crippen molar-refractivity contribution in [2.75, 3.05) is 23.3 Å². The zero-order chi connectivity index (χ0) is 21.3. The Morgan fingerprint density at radius 3 is 2.41 bits per heavy atom. The fourth-order valence-corrected chi connectivity index (χ4v) is 4.60. The van der Waals surface area contributed by atoms with Crippen LogP contribution in [0.1, 0.15) is 35.6 Å². The molecule has 1 aliphatic heterocycles. The molecule has 2 N–H and O–H groups in total. The molecule has 10 heteroatoms. The highest BCUT2D eigenvalue weighted by atomic mass is 16.4. The van der Waals surface area contributed by atoms with Gasteiger partial charge >= 0.3 is 6.01 Å². The summed E-state index contributed by atoms with van der Waals surface area (Å²) in [7, 11) is 0. The molecule has 3 aromatic heterocycles. The van der Waals surface area contributed by atoms with E-state index in [1.807, 2.05) is 0 Å². The van der Waals surface area contributed by atoms with Crippen LogP contribution in [0.2, 0.25) is 0 Å². The molecule has 0 amide bonds. The Morgan fingerprint density at radius 1 is 0.969 bits per heavy atom. The molecule has 0 atom stereocenters. The van der Waals surface area contributed by atoms with Crippen LogP contribution < -0.4 is 10.2 Å². The lowest BCUT2D eigenvalue weighted by atomic mass is 9.94. The molecule has 0 saturated carbocycles. The third-order valence-electron chi connectivity index (χ3n) is 6.34. The lowest BCUT2D eigenvalue weighted by molar-refractivity contribution is 0.456. The number of fused-ring (bicyclic) bond motifs is 1. The first kappa shape index (κ1) is 18.9. The van der Waals surface area contributed by atoms with Gasteiger partial charge in [-0.25, -0.2) is 9.97 Å². The van der Waals surface area contributed by atoms with Crippen LogP contribution in [0.15, 0.2) is 47.3 Å². The summed E-state index contributed by atoms with van der Waals surface area (Å²) in [6.45, 7) is 1.68. The van der Waals surface area contributed by atoms with Gasteiger partial charge in [-0.1, -0.05) is 34.6 Å². The minimum atomic E-state index is 0.314. The van der Waals surface area contributed by atoms with Gasteiger partial charge in [0.15, 0.2) is 0 Å². The van der Waals surface area contributed by atoms with Crippen molar-refractivity contribution in [1.82, 2.24) is 35.6 Å². The Bertz CT molecular complexity index is 1160. The van der Waals surface area contributed by atoms with E-state index in [4.69, 9.17) is 4.42 Å². The molecule has 0 radical (unpaired) electrons. The minimum absolute atomic E-state index is 0.314. The van der Waals surface area contributed by atoms with E-state index in [2.05, 4.69) is 70.1 Å². The summed E-state index contributed by atoms with van der Waals surface area (Å²) in [5.74, 6) is 1.48. The lowest BCUT2D eigenvalue weighted by Gasteiger charge is -2.29. The molecule has 10 nitrogen and oxygen atoms in total. The van der Waals surface area contributed by atoms with Crippen molar-refractivity contribution in [2.24, 2.45) is 0 Å². The zero-order valence-corrected chi connectivity index (χ0v) is 17.5. The number of hydrogen-bond acceptors (Lipinski definition) is 9. The molecule has 32 heavy (non-hydrogen) atoms. The monoisotopic (exact) mass is 429 g/mol. The molecule has 0 unspecified atom stereocenters. The number of aromatic amines is 1.